The van der Waals surface area contributed by atoms with Gasteiger partial charge in [0.1, 0.15) is 0 Å². The van der Waals surface area contributed by atoms with E-state index in [2.05, 4.69) is 15.9 Å². The van der Waals surface area contributed by atoms with Gasteiger partial charge in [-0.05, 0) is 40.8 Å². The third kappa shape index (κ3) is 4.08. The van der Waals surface area contributed by atoms with Gasteiger partial charge in [0.25, 0.3) is 0 Å². The van der Waals surface area contributed by atoms with E-state index < -0.39 is 5.97 Å². The summed E-state index contributed by atoms with van der Waals surface area (Å²) in [6, 6.07) is 5.16. The molecule has 0 amide bonds. The van der Waals surface area contributed by atoms with Gasteiger partial charge in [-0.25, -0.2) is 4.79 Å². The Balaban J connectivity index is 0.000000671. The largest absolute Gasteiger partial charge is 0.478 e. The van der Waals surface area contributed by atoms with Crippen molar-refractivity contribution in [2.75, 3.05) is 0 Å². The molecule has 0 aromatic heterocycles. The highest BCUT2D eigenvalue weighted by atomic mass is 127. The van der Waals surface area contributed by atoms with Crippen LogP contribution in [0.2, 0.25) is 0 Å². The van der Waals surface area contributed by atoms with Crippen molar-refractivity contribution in [1.82, 2.24) is 0 Å². The zero-order valence-corrected chi connectivity index (χ0v) is 11.1. The molecular formula is C9H10BrIO2. The van der Waals surface area contributed by atoms with Gasteiger partial charge < -0.3 is 5.11 Å². The molecule has 0 saturated carbocycles. The van der Waals surface area contributed by atoms with E-state index in [0.717, 1.165) is 8.04 Å². The SMILES string of the molecule is CC.O=C(O)c1cc(Br)ccc1I. The summed E-state index contributed by atoms with van der Waals surface area (Å²) in [6.07, 6.45) is 0. The molecule has 0 atom stereocenters. The zero-order chi connectivity index (χ0) is 10.4. The van der Waals surface area contributed by atoms with E-state index in [1.54, 1.807) is 12.1 Å². The maximum absolute atomic E-state index is 10.5. The number of rotatable bonds is 1. The Hall–Kier alpha value is -0.100. The van der Waals surface area contributed by atoms with Crippen molar-refractivity contribution in [1.29, 1.82) is 0 Å². The average molecular weight is 357 g/mol. The maximum Gasteiger partial charge on any atom is 0.336 e. The van der Waals surface area contributed by atoms with Crippen LogP contribution in [0.5, 0.6) is 0 Å². The Kier molecular flexibility index (Phi) is 6.32. The first kappa shape index (κ1) is 12.9. The number of hydrogen-bond donors (Lipinski definition) is 1. The summed E-state index contributed by atoms with van der Waals surface area (Å²) in [6.45, 7) is 4.00. The first-order valence-corrected chi connectivity index (χ1v) is 5.67. The van der Waals surface area contributed by atoms with Gasteiger partial charge in [0, 0.05) is 8.04 Å². The second-order valence-electron chi connectivity index (χ2n) is 1.93. The molecule has 0 fully saturated rings. The van der Waals surface area contributed by atoms with Crippen molar-refractivity contribution in [2.24, 2.45) is 0 Å². The number of hydrogen-bond acceptors (Lipinski definition) is 1. The summed E-state index contributed by atoms with van der Waals surface area (Å²) in [5.74, 6) is -0.893. The van der Waals surface area contributed by atoms with Crippen LogP contribution in [-0.4, -0.2) is 11.1 Å². The molecule has 0 aliphatic heterocycles. The lowest BCUT2D eigenvalue weighted by Crippen LogP contribution is -1.98. The van der Waals surface area contributed by atoms with Crippen molar-refractivity contribution in [3.05, 3.63) is 31.8 Å². The summed E-state index contributed by atoms with van der Waals surface area (Å²) in [5, 5.41) is 8.66. The quantitative estimate of drug-likeness (QED) is 0.777. The van der Waals surface area contributed by atoms with E-state index in [0.29, 0.717) is 5.56 Å². The first-order chi connectivity index (χ1) is 6.11. The molecule has 0 saturated heterocycles. The van der Waals surface area contributed by atoms with Gasteiger partial charge in [-0.3, -0.25) is 0 Å². The molecule has 13 heavy (non-hydrogen) atoms. The highest BCUT2D eigenvalue weighted by Gasteiger charge is 2.07. The van der Waals surface area contributed by atoms with Gasteiger partial charge in [-0.2, -0.15) is 0 Å². The second kappa shape index (κ2) is 6.37. The van der Waals surface area contributed by atoms with E-state index in [1.807, 2.05) is 42.5 Å². The van der Waals surface area contributed by atoms with Crippen molar-refractivity contribution in [2.45, 2.75) is 13.8 Å². The minimum Gasteiger partial charge on any atom is -0.478 e. The summed E-state index contributed by atoms with van der Waals surface area (Å²) < 4.78 is 1.54. The highest BCUT2D eigenvalue weighted by Crippen LogP contribution is 2.17. The number of benzene rings is 1. The molecule has 0 aliphatic rings. The highest BCUT2D eigenvalue weighted by molar-refractivity contribution is 14.1. The van der Waals surface area contributed by atoms with Crippen LogP contribution in [0.25, 0.3) is 0 Å². The lowest BCUT2D eigenvalue weighted by Gasteiger charge is -1.97. The summed E-state index contributed by atoms with van der Waals surface area (Å²) in [4.78, 5) is 10.5. The molecule has 72 valence electrons. The molecule has 1 rings (SSSR count). The molecule has 2 nitrogen and oxygen atoms in total. The number of carbonyl (C=O) groups is 1. The van der Waals surface area contributed by atoms with Gasteiger partial charge in [-0.1, -0.05) is 29.8 Å². The van der Waals surface area contributed by atoms with Crippen LogP contribution >= 0.6 is 38.5 Å². The van der Waals surface area contributed by atoms with E-state index in [9.17, 15) is 4.79 Å². The van der Waals surface area contributed by atoms with Crippen LogP contribution in [0.1, 0.15) is 24.2 Å². The van der Waals surface area contributed by atoms with Crippen molar-refractivity contribution >= 4 is 44.5 Å². The Morgan fingerprint density at radius 2 is 2.00 bits per heavy atom. The van der Waals surface area contributed by atoms with Crippen molar-refractivity contribution < 1.29 is 9.90 Å². The standard InChI is InChI=1S/C7H4BrIO2.C2H6/c8-4-1-2-6(9)5(3-4)7(10)11;1-2/h1-3H,(H,10,11);1-2H3. The number of carboxylic acids is 1. The Morgan fingerprint density at radius 1 is 1.46 bits per heavy atom. The smallest absolute Gasteiger partial charge is 0.336 e. The topological polar surface area (TPSA) is 37.3 Å². The molecule has 0 radical (unpaired) electrons. The monoisotopic (exact) mass is 356 g/mol. The van der Waals surface area contributed by atoms with Gasteiger partial charge in [0.15, 0.2) is 0 Å². The molecule has 1 aromatic carbocycles. The van der Waals surface area contributed by atoms with Crippen LogP contribution in [0, 0.1) is 3.57 Å². The Labute approximate surface area is 99.6 Å². The van der Waals surface area contributed by atoms with Crippen LogP contribution in [-0.2, 0) is 0 Å². The predicted octanol–water partition coefficient (Wildman–Crippen LogP) is 3.78. The van der Waals surface area contributed by atoms with E-state index in [4.69, 9.17) is 5.11 Å². The Morgan fingerprint density at radius 3 is 2.38 bits per heavy atom. The van der Waals surface area contributed by atoms with Gasteiger partial charge in [0.2, 0.25) is 0 Å². The maximum atomic E-state index is 10.5. The second-order valence-corrected chi connectivity index (χ2v) is 4.01. The third-order valence-corrected chi connectivity index (χ3v) is 2.59. The van der Waals surface area contributed by atoms with Crippen LogP contribution in [0.15, 0.2) is 22.7 Å². The molecule has 0 bridgehead atoms. The van der Waals surface area contributed by atoms with E-state index in [-0.39, 0.29) is 0 Å². The Bertz CT molecular complexity index is 300. The normalized spacial score (nSPS) is 8.62. The van der Waals surface area contributed by atoms with Gasteiger partial charge in [0.05, 0.1) is 5.56 Å². The lowest BCUT2D eigenvalue weighted by atomic mass is 10.2. The van der Waals surface area contributed by atoms with E-state index >= 15 is 0 Å². The van der Waals surface area contributed by atoms with Crippen LogP contribution < -0.4 is 0 Å². The third-order valence-electron chi connectivity index (χ3n) is 1.16. The number of halogens is 2. The van der Waals surface area contributed by atoms with Crippen LogP contribution in [0.4, 0.5) is 0 Å². The van der Waals surface area contributed by atoms with Crippen molar-refractivity contribution in [3.63, 3.8) is 0 Å². The molecule has 1 N–H and O–H groups in total. The predicted molar refractivity (Wildman–Crippen MR) is 65.2 cm³/mol. The molecule has 0 aliphatic carbocycles. The summed E-state index contributed by atoms with van der Waals surface area (Å²) in [7, 11) is 0. The zero-order valence-electron chi connectivity index (χ0n) is 7.34. The number of carboxylic acid groups (broad SMARTS) is 1. The molecule has 1 aromatic rings. The molecule has 0 heterocycles. The van der Waals surface area contributed by atoms with E-state index in [1.165, 1.54) is 0 Å². The minimum absolute atomic E-state index is 0.333. The summed E-state index contributed by atoms with van der Waals surface area (Å²) >= 11 is 5.19. The fraction of sp³-hybridized carbons (Fsp3) is 0.222. The van der Waals surface area contributed by atoms with Gasteiger partial charge in [-0.15, -0.1) is 0 Å². The van der Waals surface area contributed by atoms with Crippen LogP contribution in [0.3, 0.4) is 0 Å². The van der Waals surface area contributed by atoms with Crippen molar-refractivity contribution in [3.8, 4) is 0 Å². The first-order valence-electron chi connectivity index (χ1n) is 3.79. The minimum atomic E-state index is -0.893. The molecule has 4 heteroatoms. The number of aromatic carboxylic acids is 1. The molecule has 0 spiro atoms. The fourth-order valence-corrected chi connectivity index (χ4v) is 1.59. The summed E-state index contributed by atoms with van der Waals surface area (Å²) in [5.41, 5.74) is 0.333. The molecule has 0 unspecified atom stereocenters. The van der Waals surface area contributed by atoms with Gasteiger partial charge >= 0.3 is 5.97 Å². The average Bonchev–Trinajstić information content (AvgIpc) is 2.12. The lowest BCUT2D eigenvalue weighted by molar-refractivity contribution is 0.0695. The molecular weight excluding hydrogens is 347 g/mol. The fourth-order valence-electron chi connectivity index (χ4n) is 0.661.